The quantitative estimate of drug-likeness (QED) is 0.611. The van der Waals surface area contributed by atoms with Crippen LogP contribution in [0.25, 0.3) is 0 Å². The van der Waals surface area contributed by atoms with E-state index in [1.54, 1.807) is 45.0 Å². The Morgan fingerprint density at radius 3 is 2.19 bits per heavy atom. The van der Waals surface area contributed by atoms with Crippen LogP contribution in [0, 0.1) is 0 Å². The summed E-state index contributed by atoms with van der Waals surface area (Å²) >= 11 is 3.28. The van der Waals surface area contributed by atoms with E-state index >= 15 is 0 Å². The summed E-state index contributed by atoms with van der Waals surface area (Å²) in [5, 5.41) is 10.1. The molecule has 0 aromatic heterocycles. The molecule has 0 fully saturated rings. The highest BCUT2D eigenvalue weighted by atomic mass is 79.9. The molecule has 8 heteroatoms. The molecule has 0 amide bonds. The highest BCUT2D eigenvalue weighted by Gasteiger charge is 2.37. The molecule has 0 unspecified atom stereocenters. The van der Waals surface area contributed by atoms with E-state index in [4.69, 9.17) is 9.47 Å². The molecule has 0 radical (unpaired) electrons. The number of ether oxygens (including phenoxy) is 2. The zero-order chi connectivity index (χ0) is 20.4. The zero-order valence-electron chi connectivity index (χ0n) is 14.9. The standard InChI is InChI=1S/C19H18BrF3O4/c1-18(2,3)27-17(25)15-11(4-9-14(16(15)24)19(21,22)23)10-26-13-7-5-12(20)6-8-13/h4-9,24H,10H2,1-3H3. The fourth-order valence-electron chi connectivity index (χ4n) is 2.23. The summed E-state index contributed by atoms with van der Waals surface area (Å²) in [7, 11) is 0. The van der Waals surface area contributed by atoms with E-state index in [0.717, 1.165) is 10.5 Å². The Morgan fingerprint density at radius 1 is 1.07 bits per heavy atom. The lowest BCUT2D eigenvalue weighted by Gasteiger charge is -2.22. The number of rotatable bonds is 4. The third kappa shape index (κ3) is 5.63. The molecule has 2 aromatic rings. The van der Waals surface area contributed by atoms with Crippen molar-refractivity contribution in [2.45, 2.75) is 39.2 Å². The molecule has 27 heavy (non-hydrogen) atoms. The van der Waals surface area contributed by atoms with Crippen LogP contribution in [0.15, 0.2) is 40.9 Å². The van der Waals surface area contributed by atoms with Crippen molar-refractivity contribution in [3.8, 4) is 11.5 Å². The lowest BCUT2D eigenvalue weighted by atomic mass is 10.0. The summed E-state index contributed by atoms with van der Waals surface area (Å²) in [6, 6.07) is 8.58. The summed E-state index contributed by atoms with van der Waals surface area (Å²) in [4.78, 5) is 12.4. The number of phenolic OH excluding ortho intramolecular Hbond substituents is 1. The van der Waals surface area contributed by atoms with E-state index in [-0.39, 0.29) is 12.2 Å². The number of benzene rings is 2. The fraction of sp³-hybridized carbons (Fsp3) is 0.316. The predicted molar refractivity (Wildman–Crippen MR) is 96.8 cm³/mol. The molecular weight excluding hydrogens is 429 g/mol. The maximum Gasteiger partial charge on any atom is 0.419 e. The van der Waals surface area contributed by atoms with Gasteiger partial charge in [-0.1, -0.05) is 22.0 Å². The maximum absolute atomic E-state index is 13.1. The number of aromatic hydroxyl groups is 1. The Hall–Kier alpha value is -2.22. The molecule has 0 heterocycles. The molecule has 0 saturated heterocycles. The van der Waals surface area contributed by atoms with Crippen molar-refractivity contribution < 1.29 is 32.5 Å². The molecule has 0 bridgehead atoms. The van der Waals surface area contributed by atoms with Gasteiger partial charge < -0.3 is 14.6 Å². The minimum Gasteiger partial charge on any atom is -0.506 e. The van der Waals surface area contributed by atoms with Crippen molar-refractivity contribution in [2.24, 2.45) is 0 Å². The third-order valence-corrected chi connectivity index (χ3v) is 3.91. The Bertz CT molecular complexity index is 825. The van der Waals surface area contributed by atoms with Gasteiger partial charge in [-0.15, -0.1) is 0 Å². The lowest BCUT2D eigenvalue weighted by molar-refractivity contribution is -0.138. The van der Waals surface area contributed by atoms with E-state index < -0.39 is 34.6 Å². The topological polar surface area (TPSA) is 55.8 Å². The van der Waals surface area contributed by atoms with Crippen molar-refractivity contribution in [2.75, 3.05) is 0 Å². The van der Waals surface area contributed by atoms with Gasteiger partial charge in [0, 0.05) is 10.0 Å². The van der Waals surface area contributed by atoms with E-state index in [1.165, 1.54) is 0 Å². The molecule has 0 aliphatic heterocycles. The first kappa shape index (κ1) is 21.1. The van der Waals surface area contributed by atoms with Crippen molar-refractivity contribution in [3.05, 3.63) is 57.6 Å². The van der Waals surface area contributed by atoms with Crippen molar-refractivity contribution >= 4 is 21.9 Å². The molecule has 2 aromatic carbocycles. The number of carbonyl (C=O) groups excluding carboxylic acids is 1. The molecule has 0 aliphatic rings. The highest BCUT2D eigenvalue weighted by molar-refractivity contribution is 9.10. The number of esters is 1. The van der Waals surface area contributed by atoms with Crippen LogP contribution in [0.3, 0.4) is 0 Å². The van der Waals surface area contributed by atoms with Gasteiger partial charge in [-0.3, -0.25) is 0 Å². The molecule has 0 atom stereocenters. The Labute approximate surface area is 163 Å². The summed E-state index contributed by atoms with van der Waals surface area (Å²) in [6.45, 7) is 4.51. The molecule has 0 saturated carbocycles. The first-order valence-corrected chi connectivity index (χ1v) is 8.71. The zero-order valence-corrected chi connectivity index (χ0v) is 16.4. The van der Waals surface area contributed by atoms with Gasteiger partial charge in [0.25, 0.3) is 0 Å². The first-order valence-electron chi connectivity index (χ1n) is 7.92. The average molecular weight is 447 g/mol. The van der Waals surface area contributed by atoms with Crippen molar-refractivity contribution in [1.29, 1.82) is 0 Å². The number of phenols is 1. The number of alkyl halides is 3. The second kappa shape index (κ2) is 7.80. The number of halogens is 4. The maximum atomic E-state index is 13.1. The molecule has 0 spiro atoms. The Kier molecular flexibility index (Phi) is 6.09. The number of hydrogen-bond acceptors (Lipinski definition) is 4. The second-order valence-corrected chi connectivity index (χ2v) is 7.65. The van der Waals surface area contributed by atoms with E-state index in [9.17, 15) is 23.1 Å². The number of carbonyl (C=O) groups is 1. The van der Waals surface area contributed by atoms with Gasteiger partial charge in [-0.05, 0) is 51.1 Å². The van der Waals surface area contributed by atoms with Crippen LogP contribution >= 0.6 is 15.9 Å². The lowest BCUT2D eigenvalue weighted by Crippen LogP contribution is -2.25. The minimum absolute atomic E-state index is 0.0812. The summed E-state index contributed by atoms with van der Waals surface area (Å²) in [5.74, 6) is -1.78. The summed E-state index contributed by atoms with van der Waals surface area (Å²) in [5.41, 5.74) is -2.73. The van der Waals surface area contributed by atoms with Crippen LogP contribution < -0.4 is 4.74 Å². The molecular formula is C19H18BrF3O4. The summed E-state index contributed by atoms with van der Waals surface area (Å²) < 4.78 is 50.8. The van der Waals surface area contributed by atoms with Crippen LogP contribution in [-0.2, 0) is 17.5 Å². The van der Waals surface area contributed by atoms with E-state index in [0.29, 0.717) is 11.8 Å². The fourth-order valence-corrected chi connectivity index (χ4v) is 2.50. The second-order valence-electron chi connectivity index (χ2n) is 6.74. The minimum atomic E-state index is -4.81. The van der Waals surface area contributed by atoms with Crippen LogP contribution in [0.5, 0.6) is 11.5 Å². The van der Waals surface area contributed by atoms with Crippen molar-refractivity contribution in [1.82, 2.24) is 0 Å². The molecule has 1 N–H and O–H groups in total. The normalized spacial score (nSPS) is 12.0. The monoisotopic (exact) mass is 446 g/mol. The van der Waals surface area contributed by atoms with Crippen LogP contribution in [0.4, 0.5) is 13.2 Å². The molecule has 2 rings (SSSR count). The summed E-state index contributed by atoms with van der Waals surface area (Å²) in [6.07, 6.45) is -4.81. The Morgan fingerprint density at radius 2 is 1.67 bits per heavy atom. The smallest absolute Gasteiger partial charge is 0.419 e. The third-order valence-electron chi connectivity index (χ3n) is 3.38. The predicted octanol–water partition coefficient (Wildman–Crippen LogP) is 5.71. The van der Waals surface area contributed by atoms with Crippen LogP contribution in [-0.4, -0.2) is 16.7 Å². The molecule has 146 valence electrons. The van der Waals surface area contributed by atoms with Crippen molar-refractivity contribution in [3.63, 3.8) is 0 Å². The first-order chi connectivity index (χ1) is 12.4. The van der Waals surface area contributed by atoms with Gasteiger partial charge in [0.05, 0.1) is 5.56 Å². The molecule has 4 nitrogen and oxygen atoms in total. The van der Waals surface area contributed by atoms with Crippen LogP contribution in [0.2, 0.25) is 0 Å². The van der Waals surface area contributed by atoms with E-state index in [2.05, 4.69) is 15.9 Å². The van der Waals surface area contributed by atoms with Gasteiger partial charge in [0.2, 0.25) is 0 Å². The van der Waals surface area contributed by atoms with Crippen LogP contribution in [0.1, 0.15) is 42.3 Å². The largest absolute Gasteiger partial charge is 0.506 e. The van der Waals surface area contributed by atoms with Gasteiger partial charge >= 0.3 is 12.1 Å². The Balaban J connectivity index is 2.41. The SMILES string of the molecule is CC(C)(C)OC(=O)c1c(COc2ccc(Br)cc2)ccc(C(F)(F)F)c1O. The average Bonchev–Trinajstić information content (AvgIpc) is 2.51. The van der Waals surface area contributed by atoms with Gasteiger partial charge in [0.1, 0.15) is 29.3 Å². The van der Waals surface area contributed by atoms with Gasteiger partial charge in [-0.25, -0.2) is 4.79 Å². The van der Waals surface area contributed by atoms with Gasteiger partial charge in [-0.2, -0.15) is 13.2 Å². The molecule has 0 aliphatic carbocycles. The van der Waals surface area contributed by atoms with E-state index in [1.807, 2.05) is 0 Å². The highest BCUT2D eigenvalue weighted by Crippen LogP contribution is 2.39. The van der Waals surface area contributed by atoms with Gasteiger partial charge in [0.15, 0.2) is 0 Å². The number of hydrogen-bond donors (Lipinski definition) is 1.